The Morgan fingerprint density at radius 1 is 1.06 bits per heavy atom. The topological polar surface area (TPSA) is 72.4 Å². The quantitative estimate of drug-likeness (QED) is 0.411. The summed E-state index contributed by atoms with van der Waals surface area (Å²) in [5, 5.41) is 24.8. The number of hydrogen-bond acceptors (Lipinski definition) is 4. The van der Waals surface area contributed by atoms with Crippen LogP contribution in [0.25, 0.3) is 0 Å². The molecule has 0 aromatic heterocycles. The minimum Gasteiger partial charge on any atom is -0.872 e. The molecule has 0 aliphatic carbocycles. The van der Waals surface area contributed by atoms with Crippen molar-refractivity contribution in [1.29, 1.82) is 0 Å². The summed E-state index contributed by atoms with van der Waals surface area (Å²) in [7, 11) is 1.50. The molecule has 0 aliphatic rings. The van der Waals surface area contributed by atoms with Crippen LogP contribution >= 0.6 is 0 Å². The number of aryl methyl sites for hydroxylation is 2. The molecule has 0 N–H and O–H groups in total. The van der Waals surface area contributed by atoms with Crippen molar-refractivity contribution in [3.8, 4) is 11.5 Å². The molecule has 0 radical (unpaired) electrons. The van der Waals surface area contributed by atoms with Gasteiger partial charge >= 0.3 is 37.7 Å². The molecule has 2 aromatic rings. The van der Waals surface area contributed by atoms with Crippen molar-refractivity contribution in [1.82, 2.24) is 0 Å². The molecule has 31 heavy (non-hydrogen) atoms. The molecular weight excluding hydrogens is 416 g/mol. The summed E-state index contributed by atoms with van der Waals surface area (Å²) in [6.45, 7) is 6.15. The van der Waals surface area contributed by atoms with Crippen LogP contribution in [0.4, 0.5) is 0 Å². The van der Waals surface area contributed by atoms with E-state index in [0.29, 0.717) is 36.1 Å². The van der Waals surface area contributed by atoms with Crippen molar-refractivity contribution in [3.05, 3.63) is 82.0 Å². The third-order valence-corrected chi connectivity index (χ3v) is 5.12. The second-order valence-electron chi connectivity index (χ2n) is 7.77. The average molecular weight is 447 g/mol. The van der Waals surface area contributed by atoms with Crippen molar-refractivity contribution in [2.24, 2.45) is 0 Å². The van der Waals surface area contributed by atoms with Gasteiger partial charge in [-0.25, -0.2) is 0 Å². The number of hydrogen-bond donors (Lipinski definition) is 0. The Morgan fingerprint density at radius 3 is 2.32 bits per heavy atom. The van der Waals surface area contributed by atoms with Crippen LogP contribution in [0.2, 0.25) is 0 Å². The maximum atomic E-state index is 13.0. The molecule has 2 rings (SSSR count). The van der Waals surface area contributed by atoms with Crippen molar-refractivity contribution in [2.75, 3.05) is 7.11 Å². The number of carbonyl (C=O) groups excluding carboxylic acids is 1. The number of benzene rings is 2. The van der Waals surface area contributed by atoms with Crippen LogP contribution in [-0.2, 0) is 19.3 Å². The molecular formula is C26H30CaO4. The van der Waals surface area contributed by atoms with Gasteiger partial charge in [-0.15, -0.1) is 0 Å². The molecule has 160 valence electrons. The third kappa shape index (κ3) is 8.36. The van der Waals surface area contributed by atoms with Gasteiger partial charge in [-0.1, -0.05) is 59.4 Å². The average Bonchev–Trinajstić information content (AvgIpc) is 2.71. The Kier molecular flexibility index (Phi) is 12.0. The van der Waals surface area contributed by atoms with Crippen molar-refractivity contribution >= 4 is 43.7 Å². The summed E-state index contributed by atoms with van der Waals surface area (Å²) >= 11 is 0. The Balaban J connectivity index is 0.00000480. The zero-order valence-corrected chi connectivity index (χ0v) is 21.2. The van der Waals surface area contributed by atoms with Gasteiger partial charge in [0, 0.05) is 0 Å². The van der Waals surface area contributed by atoms with Gasteiger partial charge in [-0.2, -0.15) is 0 Å². The zero-order valence-electron chi connectivity index (χ0n) is 19.0. The van der Waals surface area contributed by atoms with Crippen LogP contribution in [0, 0.1) is 0 Å². The number of ether oxygens (including phenoxy) is 1. The fourth-order valence-electron chi connectivity index (χ4n) is 3.41. The maximum absolute atomic E-state index is 13.0. The van der Waals surface area contributed by atoms with Gasteiger partial charge in [-0.05, 0) is 81.2 Å². The van der Waals surface area contributed by atoms with Crippen LogP contribution in [0.3, 0.4) is 0 Å². The minimum absolute atomic E-state index is 0. The van der Waals surface area contributed by atoms with Crippen molar-refractivity contribution in [3.63, 3.8) is 0 Å². The molecule has 0 saturated heterocycles. The van der Waals surface area contributed by atoms with Crippen LogP contribution in [-0.4, -0.2) is 50.8 Å². The van der Waals surface area contributed by atoms with Crippen LogP contribution in [0.1, 0.15) is 60.7 Å². The zero-order chi connectivity index (χ0) is 22.1. The molecule has 0 bridgehead atoms. The minimum atomic E-state index is -1.43. The van der Waals surface area contributed by atoms with Gasteiger partial charge in [0.15, 0.2) is 0 Å². The molecule has 0 aliphatic heterocycles. The van der Waals surface area contributed by atoms with Gasteiger partial charge < -0.3 is 19.7 Å². The number of carboxylic acid groups (broad SMARTS) is 1. The second-order valence-corrected chi connectivity index (χ2v) is 7.77. The molecule has 0 saturated carbocycles. The summed E-state index contributed by atoms with van der Waals surface area (Å²) in [5.74, 6) is -1.51. The van der Waals surface area contributed by atoms with Gasteiger partial charge in [0.25, 0.3) is 0 Å². The first-order chi connectivity index (χ1) is 14.3. The number of carboxylic acids is 1. The number of rotatable bonds is 10. The largest absolute Gasteiger partial charge is 2.00 e. The van der Waals surface area contributed by atoms with E-state index in [0.717, 1.165) is 24.0 Å². The van der Waals surface area contributed by atoms with E-state index in [9.17, 15) is 15.0 Å². The van der Waals surface area contributed by atoms with E-state index >= 15 is 0 Å². The van der Waals surface area contributed by atoms with Crippen LogP contribution in [0.5, 0.6) is 11.5 Å². The molecule has 0 atom stereocenters. The molecule has 0 heterocycles. The normalized spacial score (nSPS) is 10.9. The number of allylic oxidation sites excluding steroid dienone is 4. The first-order valence-corrected chi connectivity index (χ1v) is 10.3. The van der Waals surface area contributed by atoms with Crippen LogP contribution < -0.4 is 14.9 Å². The summed E-state index contributed by atoms with van der Waals surface area (Å²) in [4.78, 5) is 11.8. The van der Waals surface area contributed by atoms with E-state index in [1.165, 1.54) is 12.7 Å². The molecule has 0 fully saturated rings. The van der Waals surface area contributed by atoms with E-state index in [1.807, 2.05) is 43.3 Å². The second kappa shape index (κ2) is 13.6. The first kappa shape index (κ1) is 27.3. The van der Waals surface area contributed by atoms with Crippen molar-refractivity contribution in [2.45, 2.75) is 52.9 Å². The van der Waals surface area contributed by atoms with E-state index in [-0.39, 0.29) is 43.3 Å². The van der Waals surface area contributed by atoms with E-state index < -0.39 is 11.7 Å². The van der Waals surface area contributed by atoms with Gasteiger partial charge in [-0.3, -0.25) is 0 Å². The third-order valence-electron chi connectivity index (χ3n) is 5.12. The fraction of sp³-hybridized carbons (Fsp3) is 0.346. The Labute approximate surface area is 215 Å². The summed E-state index contributed by atoms with van der Waals surface area (Å²) in [6, 6.07) is 11.4. The van der Waals surface area contributed by atoms with E-state index in [2.05, 4.69) is 19.9 Å². The predicted octanol–water partition coefficient (Wildman–Crippen LogP) is 3.77. The number of methoxy groups -OCH3 is 1. The SMILES string of the molecule is COc1cc(CCc2ccccc2)c(C(=O)[O-])c([O-])c1C/C=C(\C)CCC=C(C)C.[Ca+2]. The number of aromatic carboxylic acids is 1. The van der Waals surface area contributed by atoms with Crippen molar-refractivity contribution < 1.29 is 19.7 Å². The molecule has 0 spiro atoms. The molecule has 4 nitrogen and oxygen atoms in total. The Hall–Kier alpha value is -1.75. The monoisotopic (exact) mass is 446 g/mol. The van der Waals surface area contributed by atoms with Crippen LogP contribution in [0.15, 0.2) is 59.7 Å². The predicted molar refractivity (Wildman–Crippen MR) is 123 cm³/mol. The Morgan fingerprint density at radius 2 is 1.74 bits per heavy atom. The molecule has 5 heteroatoms. The smallest absolute Gasteiger partial charge is 0.872 e. The molecule has 0 unspecified atom stereocenters. The van der Waals surface area contributed by atoms with E-state index in [1.54, 1.807) is 6.07 Å². The Bertz CT molecular complexity index is 926. The molecule has 0 amide bonds. The molecule has 2 aromatic carbocycles. The van der Waals surface area contributed by atoms with E-state index in [4.69, 9.17) is 4.74 Å². The summed E-state index contributed by atoms with van der Waals surface area (Å²) in [6.07, 6.45) is 7.37. The maximum Gasteiger partial charge on any atom is 2.00 e. The summed E-state index contributed by atoms with van der Waals surface area (Å²) in [5.41, 5.74) is 4.06. The number of carbonyl (C=O) groups is 1. The van der Waals surface area contributed by atoms with Gasteiger partial charge in [0.05, 0.1) is 13.1 Å². The fourth-order valence-corrected chi connectivity index (χ4v) is 3.41. The summed E-state index contributed by atoms with van der Waals surface area (Å²) < 4.78 is 5.45. The van der Waals surface area contributed by atoms with Gasteiger partial charge in [0.1, 0.15) is 5.75 Å². The van der Waals surface area contributed by atoms with Gasteiger partial charge in [0.2, 0.25) is 0 Å². The first-order valence-electron chi connectivity index (χ1n) is 10.3. The standard InChI is InChI=1S/C26H32O4.Ca/c1-18(2)9-8-10-19(3)13-16-22-23(30-4)17-21(24(25(22)27)26(28)29)15-14-20-11-6-5-7-12-20;/h5-7,9,11-13,17,27H,8,10,14-16H2,1-4H3,(H,28,29);/q;+2/p-2/b19-13+;.